The molecule has 0 amide bonds. The van der Waals surface area contributed by atoms with Gasteiger partial charge in [0.25, 0.3) is 0 Å². The molecule has 138 valence electrons. The van der Waals surface area contributed by atoms with Crippen molar-refractivity contribution in [3.63, 3.8) is 0 Å². The summed E-state index contributed by atoms with van der Waals surface area (Å²) in [4.78, 5) is 16.1. The van der Waals surface area contributed by atoms with Crippen LogP contribution >= 0.6 is 11.6 Å². The number of carbonyl (C=O) groups is 1. The number of alkyl halides is 3. The Bertz CT molecular complexity index is 1010. The van der Waals surface area contributed by atoms with E-state index >= 15 is 0 Å². The Balaban J connectivity index is 1.89. The minimum absolute atomic E-state index is 0.0139. The van der Waals surface area contributed by atoms with E-state index in [1.54, 1.807) is 14.0 Å². The van der Waals surface area contributed by atoms with Gasteiger partial charge in [0.05, 0.1) is 16.6 Å². The van der Waals surface area contributed by atoms with Crippen LogP contribution in [-0.4, -0.2) is 30.5 Å². The third-order valence-electron chi connectivity index (χ3n) is 3.80. The van der Waals surface area contributed by atoms with Crippen LogP contribution in [-0.2, 0) is 31.6 Å². The van der Waals surface area contributed by atoms with Crippen molar-refractivity contribution in [2.45, 2.75) is 19.7 Å². The van der Waals surface area contributed by atoms with Crippen LogP contribution in [0.1, 0.15) is 27.3 Å². The molecule has 26 heavy (non-hydrogen) atoms. The van der Waals surface area contributed by atoms with Gasteiger partial charge in [0.15, 0.2) is 11.3 Å². The number of rotatable bonds is 3. The number of pyridine rings is 1. The Hall–Kier alpha value is -2.62. The van der Waals surface area contributed by atoms with Crippen LogP contribution in [0, 0.1) is 6.92 Å². The molecule has 0 saturated carbocycles. The molecule has 0 aliphatic rings. The number of hydrogen-bond donors (Lipinski definition) is 0. The summed E-state index contributed by atoms with van der Waals surface area (Å²) in [5.41, 5.74) is -0.101. The van der Waals surface area contributed by atoms with Crippen molar-refractivity contribution in [3.05, 3.63) is 39.9 Å². The lowest BCUT2D eigenvalue weighted by Gasteiger charge is -2.06. The fourth-order valence-electron chi connectivity index (χ4n) is 2.52. The average Bonchev–Trinajstić information content (AvgIpc) is 3.02. The number of aromatic nitrogens is 5. The number of nitrogens with zero attached hydrogens (tertiary/aromatic N) is 5. The summed E-state index contributed by atoms with van der Waals surface area (Å²) in [7, 11) is 2.98. The Morgan fingerprint density at radius 1 is 1.27 bits per heavy atom. The van der Waals surface area contributed by atoms with E-state index in [0.717, 1.165) is 16.9 Å². The fourth-order valence-corrected chi connectivity index (χ4v) is 2.75. The van der Waals surface area contributed by atoms with Gasteiger partial charge in [-0.25, -0.2) is 14.5 Å². The van der Waals surface area contributed by atoms with Crippen molar-refractivity contribution < 1.29 is 22.7 Å². The van der Waals surface area contributed by atoms with E-state index in [2.05, 4.69) is 15.2 Å². The van der Waals surface area contributed by atoms with E-state index < -0.39 is 17.8 Å². The molecule has 0 saturated heterocycles. The lowest BCUT2D eigenvalue weighted by molar-refractivity contribution is -0.140. The highest BCUT2D eigenvalue weighted by atomic mass is 35.5. The Morgan fingerprint density at radius 2 is 1.96 bits per heavy atom. The molecule has 3 rings (SSSR count). The molecule has 0 aromatic carbocycles. The lowest BCUT2D eigenvalue weighted by atomic mass is 10.2. The third kappa shape index (κ3) is 3.12. The predicted octanol–water partition coefficient (Wildman–Crippen LogP) is 3.04. The van der Waals surface area contributed by atoms with Crippen molar-refractivity contribution in [1.29, 1.82) is 0 Å². The van der Waals surface area contributed by atoms with Gasteiger partial charge in [0.1, 0.15) is 11.8 Å². The summed E-state index contributed by atoms with van der Waals surface area (Å²) in [5, 5.41) is 7.56. The van der Waals surface area contributed by atoms with Crippen molar-refractivity contribution in [2.75, 3.05) is 0 Å². The maximum absolute atomic E-state index is 13.1. The van der Waals surface area contributed by atoms with Crippen LogP contribution in [0.3, 0.4) is 0 Å². The van der Waals surface area contributed by atoms with Crippen molar-refractivity contribution in [2.24, 2.45) is 14.1 Å². The number of aryl methyl sites for hydroxylation is 3. The summed E-state index contributed by atoms with van der Waals surface area (Å²) >= 11 is 6.06. The zero-order chi connectivity index (χ0) is 19.2. The zero-order valence-electron chi connectivity index (χ0n) is 13.9. The summed E-state index contributed by atoms with van der Waals surface area (Å²) < 4.78 is 46.8. The van der Waals surface area contributed by atoms with Crippen LogP contribution in [0.5, 0.6) is 0 Å². The first-order valence-corrected chi connectivity index (χ1v) is 7.72. The van der Waals surface area contributed by atoms with Gasteiger partial charge in [-0.3, -0.25) is 4.68 Å². The van der Waals surface area contributed by atoms with E-state index in [1.165, 1.54) is 11.7 Å². The molecule has 3 aromatic rings. The fraction of sp³-hybridized carbons (Fsp3) is 0.333. The van der Waals surface area contributed by atoms with Crippen LogP contribution < -0.4 is 0 Å². The second-order valence-corrected chi connectivity index (χ2v) is 5.98. The zero-order valence-corrected chi connectivity index (χ0v) is 14.7. The molecule has 0 bridgehead atoms. The number of ether oxygens (including phenoxy) is 1. The molecule has 11 heteroatoms. The maximum Gasteiger partial charge on any atom is 0.435 e. The quantitative estimate of drug-likeness (QED) is 0.646. The van der Waals surface area contributed by atoms with Gasteiger partial charge >= 0.3 is 12.1 Å². The normalized spacial score (nSPS) is 12.0. The van der Waals surface area contributed by atoms with Crippen LogP contribution in [0.15, 0.2) is 12.3 Å². The van der Waals surface area contributed by atoms with Gasteiger partial charge in [-0.15, -0.1) is 0 Å². The molecule has 3 heterocycles. The monoisotopic (exact) mass is 387 g/mol. The minimum atomic E-state index is -4.66. The molecule has 0 unspecified atom stereocenters. The highest BCUT2D eigenvalue weighted by Crippen LogP contribution is 2.33. The molecule has 0 aliphatic heterocycles. The molecule has 0 aliphatic carbocycles. The lowest BCUT2D eigenvalue weighted by Crippen LogP contribution is -2.08. The molecule has 0 spiro atoms. The first-order chi connectivity index (χ1) is 12.1. The van der Waals surface area contributed by atoms with Gasteiger partial charge in [-0.05, 0) is 13.0 Å². The molecule has 0 radical (unpaired) electrons. The van der Waals surface area contributed by atoms with E-state index in [1.807, 2.05) is 0 Å². The van der Waals surface area contributed by atoms with Crippen molar-refractivity contribution >= 4 is 28.6 Å². The Kier molecular flexibility index (Phi) is 4.39. The minimum Gasteiger partial charge on any atom is -0.457 e. The number of fused-ring (bicyclic) bond motifs is 1. The van der Waals surface area contributed by atoms with Gasteiger partial charge in [-0.1, -0.05) is 11.6 Å². The Labute approximate surface area is 150 Å². The second kappa shape index (κ2) is 6.27. The highest BCUT2D eigenvalue weighted by Gasteiger charge is 2.37. The second-order valence-electron chi connectivity index (χ2n) is 5.62. The van der Waals surface area contributed by atoms with Crippen LogP contribution in [0.2, 0.25) is 5.15 Å². The van der Waals surface area contributed by atoms with E-state index in [4.69, 9.17) is 16.3 Å². The molecule has 3 aromatic heterocycles. The van der Waals surface area contributed by atoms with Crippen molar-refractivity contribution in [1.82, 2.24) is 24.5 Å². The first kappa shape index (κ1) is 18.2. The number of hydrogen-bond acceptors (Lipinski definition) is 5. The van der Waals surface area contributed by atoms with Gasteiger partial charge in [-0.2, -0.15) is 23.4 Å². The third-order valence-corrected chi connectivity index (χ3v) is 4.27. The largest absolute Gasteiger partial charge is 0.457 e. The molecule has 0 atom stereocenters. The summed E-state index contributed by atoms with van der Waals surface area (Å²) in [6.45, 7) is 1.54. The standard InChI is InChI=1S/C15H13ClF3N5O2/c1-7-10(12(16)23(2)21-7)6-26-14(25)8-4-9-11(15(17,18)19)22-24(3)13(9)20-5-8/h4-5H,6H2,1-3H3. The van der Waals surface area contributed by atoms with Crippen molar-refractivity contribution in [3.8, 4) is 0 Å². The summed E-state index contributed by atoms with van der Waals surface area (Å²) in [5.74, 6) is -0.823. The topological polar surface area (TPSA) is 74.8 Å². The number of carbonyl (C=O) groups excluding carboxylic acids is 1. The van der Waals surface area contributed by atoms with E-state index in [-0.39, 0.29) is 23.2 Å². The molecular formula is C15H13ClF3N5O2. The average molecular weight is 388 g/mol. The van der Waals surface area contributed by atoms with Crippen LogP contribution in [0.4, 0.5) is 13.2 Å². The number of halogens is 4. The van der Waals surface area contributed by atoms with E-state index in [9.17, 15) is 18.0 Å². The Morgan fingerprint density at radius 3 is 2.54 bits per heavy atom. The molecule has 0 fully saturated rings. The van der Waals surface area contributed by atoms with Crippen LogP contribution in [0.25, 0.3) is 11.0 Å². The van der Waals surface area contributed by atoms with Gasteiger partial charge < -0.3 is 4.74 Å². The maximum atomic E-state index is 13.1. The summed E-state index contributed by atoms with van der Waals surface area (Å²) in [6.07, 6.45) is -3.52. The predicted molar refractivity (Wildman–Crippen MR) is 85.6 cm³/mol. The molecule has 0 N–H and O–H groups in total. The molecule has 7 nitrogen and oxygen atoms in total. The smallest absolute Gasteiger partial charge is 0.435 e. The SMILES string of the molecule is Cc1nn(C)c(Cl)c1COC(=O)c1cnc2c(c1)c(C(F)(F)F)nn2C. The first-order valence-electron chi connectivity index (χ1n) is 7.34. The molecular weight excluding hydrogens is 375 g/mol. The highest BCUT2D eigenvalue weighted by molar-refractivity contribution is 6.30. The van der Waals surface area contributed by atoms with Gasteiger partial charge in [0.2, 0.25) is 0 Å². The van der Waals surface area contributed by atoms with E-state index in [0.29, 0.717) is 16.4 Å². The number of esters is 1. The van der Waals surface area contributed by atoms with Gasteiger partial charge in [0, 0.05) is 25.9 Å². The summed E-state index contributed by atoms with van der Waals surface area (Å²) in [6, 6.07) is 1.07.